The van der Waals surface area contributed by atoms with Gasteiger partial charge in [0.25, 0.3) is 0 Å². The molecule has 1 unspecified atom stereocenters. The van der Waals surface area contributed by atoms with Gasteiger partial charge in [0.15, 0.2) is 5.82 Å². The Morgan fingerprint density at radius 2 is 2.12 bits per heavy atom. The van der Waals surface area contributed by atoms with Crippen LogP contribution in [0, 0.1) is 16.7 Å². The van der Waals surface area contributed by atoms with Gasteiger partial charge in [0, 0.05) is 6.54 Å². The molecule has 1 aromatic carbocycles. The summed E-state index contributed by atoms with van der Waals surface area (Å²) in [5.41, 5.74) is 1.79. The van der Waals surface area contributed by atoms with Crippen molar-refractivity contribution in [1.82, 2.24) is 19.5 Å². The Morgan fingerprint density at radius 1 is 1.25 bits per heavy atom. The lowest BCUT2D eigenvalue weighted by Gasteiger charge is -2.43. The average Bonchev–Trinajstić information content (AvgIpc) is 3.33. The quantitative estimate of drug-likeness (QED) is 0.619. The minimum Gasteiger partial charge on any atom is -0.480 e. The number of imidazole rings is 1. The van der Waals surface area contributed by atoms with Crippen molar-refractivity contribution < 1.29 is 14.3 Å². The number of rotatable bonds is 4. The molecule has 2 atom stereocenters. The number of carbonyl (C=O) groups excluding carboxylic acids is 1. The Hall–Kier alpha value is -3.67. The van der Waals surface area contributed by atoms with Gasteiger partial charge in [0.2, 0.25) is 5.88 Å². The fourth-order valence-electron chi connectivity index (χ4n) is 5.17. The van der Waals surface area contributed by atoms with E-state index in [0.29, 0.717) is 23.8 Å². The normalized spacial score (nSPS) is 25.2. The first-order valence-corrected chi connectivity index (χ1v) is 10.6. The van der Waals surface area contributed by atoms with E-state index in [2.05, 4.69) is 32.5 Å². The molecular weight excluding hydrogens is 408 g/mol. The van der Waals surface area contributed by atoms with Gasteiger partial charge in [-0.05, 0) is 49.3 Å². The lowest BCUT2D eigenvalue weighted by molar-refractivity contribution is -0.0264. The Balaban J connectivity index is 1.38. The molecule has 0 radical (unpaired) electrons. The van der Waals surface area contributed by atoms with E-state index >= 15 is 0 Å². The molecule has 2 fully saturated rings. The summed E-state index contributed by atoms with van der Waals surface area (Å²) in [5.74, 6) is 0.859. The Morgan fingerprint density at radius 3 is 2.88 bits per heavy atom. The number of nitrogens with zero attached hydrogens (tertiary/aromatic N) is 6. The van der Waals surface area contributed by atoms with E-state index in [-0.39, 0.29) is 11.5 Å². The van der Waals surface area contributed by atoms with Crippen molar-refractivity contribution in [2.75, 3.05) is 18.6 Å². The standard InChI is InChI=1S/C23H24N6O3/c1-22(13-28-15-27-17-5-4-16(9-24)8-18(17)28)6-3-7-23(12-22)14-29(21(30)32-23)19-10-26-20(31-2)11-25-19/h4-5,8,10-11,15H,3,6-7,12-14H2,1-2H3/t22-,23?/m0/s1. The zero-order chi connectivity index (χ0) is 22.3. The zero-order valence-electron chi connectivity index (χ0n) is 18.1. The number of ether oxygens (including phenoxy) is 2. The zero-order valence-corrected chi connectivity index (χ0v) is 18.1. The van der Waals surface area contributed by atoms with Crippen LogP contribution in [0.5, 0.6) is 5.88 Å². The second kappa shape index (κ2) is 7.48. The fourth-order valence-corrected chi connectivity index (χ4v) is 5.17. The number of nitriles is 1. The molecule has 9 nitrogen and oxygen atoms in total. The van der Waals surface area contributed by atoms with Crippen LogP contribution in [0.25, 0.3) is 11.0 Å². The molecule has 0 bridgehead atoms. The minimum absolute atomic E-state index is 0.0869. The summed E-state index contributed by atoms with van der Waals surface area (Å²) in [5, 5.41) is 9.26. The van der Waals surface area contributed by atoms with Crippen molar-refractivity contribution >= 4 is 22.9 Å². The molecular formula is C23H24N6O3. The van der Waals surface area contributed by atoms with E-state index < -0.39 is 5.60 Å². The van der Waals surface area contributed by atoms with Gasteiger partial charge in [-0.15, -0.1) is 0 Å². The topological polar surface area (TPSA) is 106 Å². The summed E-state index contributed by atoms with van der Waals surface area (Å²) < 4.78 is 13.1. The summed E-state index contributed by atoms with van der Waals surface area (Å²) in [7, 11) is 1.52. The number of hydrogen-bond donors (Lipinski definition) is 0. The SMILES string of the molecule is COc1cnc(N2CC3(CCC[C@](C)(Cn4cnc5ccc(C#N)cc54)C3)OC2=O)cn1. The van der Waals surface area contributed by atoms with Crippen molar-refractivity contribution in [2.45, 2.75) is 44.8 Å². The van der Waals surface area contributed by atoms with Gasteiger partial charge in [0.05, 0.1) is 55.0 Å². The van der Waals surface area contributed by atoms with E-state index in [9.17, 15) is 10.1 Å². The van der Waals surface area contributed by atoms with E-state index in [1.807, 2.05) is 18.5 Å². The van der Waals surface area contributed by atoms with Gasteiger partial charge < -0.3 is 14.0 Å². The van der Waals surface area contributed by atoms with Crippen LogP contribution in [0.2, 0.25) is 0 Å². The Kier molecular flexibility index (Phi) is 4.73. The highest BCUT2D eigenvalue weighted by Crippen LogP contribution is 2.47. The van der Waals surface area contributed by atoms with E-state index in [4.69, 9.17) is 9.47 Å². The van der Waals surface area contributed by atoms with Crippen molar-refractivity contribution in [3.05, 3.63) is 42.5 Å². The largest absolute Gasteiger partial charge is 0.480 e. The number of benzene rings is 1. The third-order valence-corrected chi connectivity index (χ3v) is 6.53. The number of methoxy groups -OCH3 is 1. The fraction of sp³-hybridized carbons (Fsp3) is 0.435. The third kappa shape index (κ3) is 3.51. The van der Waals surface area contributed by atoms with Crippen molar-refractivity contribution in [1.29, 1.82) is 5.26 Å². The summed E-state index contributed by atoms with van der Waals surface area (Å²) in [4.78, 5) is 27.3. The van der Waals surface area contributed by atoms with Gasteiger partial charge in [-0.2, -0.15) is 5.26 Å². The number of fused-ring (bicyclic) bond motifs is 1. The van der Waals surface area contributed by atoms with Gasteiger partial charge >= 0.3 is 6.09 Å². The second-order valence-electron chi connectivity index (χ2n) is 9.08. The molecule has 2 aliphatic rings. The van der Waals surface area contributed by atoms with Gasteiger partial charge in [-0.1, -0.05) is 6.92 Å². The Labute approximate surface area is 185 Å². The number of anilines is 1. The molecule has 9 heteroatoms. The number of aromatic nitrogens is 4. The minimum atomic E-state index is -0.556. The van der Waals surface area contributed by atoms with Crippen LogP contribution in [-0.4, -0.2) is 44.9 Å². The van der Waals surface area contributed by atoms with Crippen LogP contribution in [0.4, 0.5) is 10.6 Å². The van der Waals surface area contributed by atoms with E-state index in [1.165, 1.54) is 19.5 Å². The third-order valence-electron chi connectivity index (χ3n) is 6.53. The molecule has 1 saturated heterocycles. The molecule has 1 amide bonds. The van der Waals surface area contributed by atoms with Crippen molar-refractivity contribution in [3.63, 3.8) is 0 Å². The number of hydrogen-bond acceptors (Lipinski definition) is 7. The van der Waals surface area contributed by atoms with Gasteiger partial charge in [0.1, 0.15) is 5.60 Å². The highest BCUT2D eigenvalue weighted by Gasteiger charge is 2.52. The first-order chi connectivity index (χ1) is 15.4. The molecule has 32 heavy (non-hydrogen) atoms. The van der Waals surface area contributed by atoms with Crippen LogP contribution < -0.4 is 9.64 Å². The highest BCUT2D eigenvalue weighted by atomic mass is 16.6. The maximum Gasteiger partial charge on any atom is 0.416 e. The lowest BCUT2D eigenvalue weighted by atomic mass is 9.68. The molecule has 164 valence electrons. The summed E-state index contributed by atoms with van der Waals surface area (Å²) in [6.07, 6.45) is 8.01. The summed E-state index contributed by atoms with van der Waals surface area (Å²) >= 11 is 0. The van der Waals surface area contributed by atoms with Gasteiger partial charge in [-0.3, -0.25) is 4.90 Å². The molecule has 1 saturated carbocycles. The predicted octanol–water partition coefficient (Wildman–Crippen LogP) is 3.68. The molecule has 1 aliphatic heterocycles. The maximum absolute atomic E-state index is 12.7. The second-order valence-corrected chi connectivity index (χ2v) is 9.08. The molecule has 0 N–H and O–H groups in total. The highest BCUT2D eigenvalue weighted by molar-refractivity contribution is 5.89. The van der Waals surface area contributed by atoms with Crippen LogP contribution >= 0.6 is 0 Å². The van der Waals surface area contributed by atoms with Crippen LogP contribution in [0.3, 0.4) is 0 Å². The first-order valence-electron chi connectivity index (χ1n) is 10.6. The first kappa shape index (κ1) is 20.2. The van der Waals surface area contributed by atoms with Crippen molar-refractivity contribution in [3.8, 4) is 11.9 Å². The number of carbonyl (C=O) groups is 1. The molecule has 1 spiro atoms. The molecule has 2 aromatic heterocycles. The Bertz CT molecular complexity index is 1220. The van der Waals surface area contributed by atoms with Crippen molar-refractivity contribution in [2.24, 2.45) is 5.41 Å². The van der Waals surface area contributed by atoms with E-state index in [0.717, 1.165) is 43.3 Å². The summed E-state index contributed by atoms with van der Waals surface area (Å²) in [6, 6.07) is 7.74. The van der Waals surface area contributed by atoms with Gasteiger partial charge in [-0.25, -0.2) is 19.7 Å². The monoisotopic (exact) mass is 432 g/mol. The van der Waals surface area contributed by atoms with Crippen LogP contribution in [-0.2, 0) is 11.3 Å². The summed E-state index contributed by atoms with van der Waals surface area (Å²) in [6.45, 7) is 3.42. The smallest absolute Gasteiger partial charge is 0.416 e. The van der Waals surface area contributed by atoms with Crippen LogP contribution in [0.15, 0.2) is 36.9 Å². The van der Waals surface area contributed by atoms with Crippen LogP contribution in [0.1, 0.15) is 38.2 Å². The molecule has 3 heterocycles. The maximum atomic E-state index is 12.7. The lowest BCUT2D eigenvalue weighted by Crippen LogP contribution is -2.45. The molecule has 3 aromatic rings. The predicted molar refractivity (Wildman–Crippen MR) is 116 cm³/mol. The van der Waals surface area contributed by atoms with E-state index in [1.54, 1.807) is 11.0 Å². The number of amides is 1. The average molecular weight is 432 g/mol. The molecule has 1 aliphatic carbocycles. The molecule has 5 rings (SSSR count).